The predicted molar refractivity (Wildman–Crippen MR) is 128 cm³/mol. The van der Waals surface area contributed by atoms with E-state index in [1.165, 1.54) is 0 Å². The SMILES string of the molecule is CC(C)CC[C@@]1(C)C(=O)C(C2=NS(=O)(=O)c3c(CN=[N+]=[N-])csc3N2)=C(O)c2ccccc21. The number of thiophene rings is 1. The summed E-state index contributed by atoms with van der Waals surface area (Å²) in [4.78, 5) is 16.4. The van der Waals surface area contributed by atoms with Gasteiger partial charge in [-0.05, 0) is 47.7 Å². The molecule has 2 aliphatic rings. The number of azide groups is 1. The molecule has 0 saturated carbocycles. The van der Waals surface area contributed by atoms with Crippen LogP contribution in [0.1, 0.15) is 50.3 Å². The van der Waals surface area contributed by atoms with Crippen LogP contribution >= 0.6 is 11.3 Å². The Morgan fingerprint density at radius 1 is 1.33 bits per heavy atom. The van der Waals surface area contributed by atoms with Crippen molar-refractivity contribution in [2.24, 2.45) is 15.4 Å². The molecule has 4 rings (SSSR count). The van der Waals surface area contributed by atoms with E-state index in [1.54, 1.807) is 17.5 Å². The van der Waals surface area contributed by atoms with Crippen molar-refractivity contribution in [2.45, 2.75) is 50.5 Å². The number of rotatable bonds is 6. The molecule has 0 spiro atoms. The first-order valence-electron chi connectivity index (χ1n) is 10.4. The molecule has 9 nitrogen and oxygen atoms in total. The first kappa shape index (κ1) is 23.0. The van der Waals surface area contributed by atoms with Gasteiger partial charge in [0.1, 0.15) is 21.2 Å². The first-order valence-corrected chi connectivity index (χ1v) is 12.7. The lowest BCUT2D eigenvalue weighted by Gasteiger charge is -2.36. The number of nitrogens with zero attached hydrogens (tertiary/aromatic N) is 4. The second kappa shape index (κ2) is 8.33. The zero-order valence-corrected chi connectivity index (χ0v) is 20.0. The van der Waals surface area contributed by atoms with E-state index in [0.29, 0.717) is 29.0 Å². The van der Waals surface area contributed by atoms with E-state index >= 15 is 0 Å². The Balaban J connectivity index is 1.86. The zero-order chi connectivity index (χ0) is 24.0. The number of nitrogens with one attached hydrogen (secondary N) is 1. The van der Waals surface area contributed by atoms with Crippen LogP contribution in [0, 0.1) is 5.92 Å². The van der Waals surface area contributed by atoms with Crippen LogP contribution in [0.15, 0.2) is 49.6 Å². The van der Waals surface area contributed by atoms with Crippen molar-refractivity contribution in [3.05, 3.63) is 62.4 Å². The van der Waals surface area contributed by atoms with Crippen molar-refractivity contribution in [1.82, 2.24) is 0 Å². The second-order valence-electron chi connectivity index (χ2n) is 8.71. The van der Waals surface area contributed by atoms with Crippen LogP contribution in [0.4, 0.5) is 5.00 Å². The first-order chi connectivity index (χ1) is 15.6. The summed E-state index contributed by atoms with van der Waals surface area (Å²) >= 11 is 1.10. The third-order valence-electron chi connectivity index (χ3n) is 6.02. The standard InChI is InChI=1S/C22H23N5O4S2/c1-12(2)8-9-22(3)15-7-5-4-6-14(15)17(28)16(19(22)29)20-25-21-18(33(30,31)26-20)13(11-32-21)10-24-27-23/h4-7,11-12,28H,8-10H2,1-3H3,(H,25,26)/t22-/m1/s1. The maximum absolute atomic E-state index is 13.8. The van der Waals surface area contributed by atoms with Gasteiger partial charge in [0, 0.05) is 10.5 Å². The van der Waals surface area contributed by atoms with Gasteiger partial charge in [0.2, 0.25) is 0 Å². The molecule has 2 heterocycles. The summed E-state index contributed by atoms with van der Waals surface area (Å²) in [7, 11) is -4.19. The number of carbonyl (C=O) groups excluding carboxylic acids is 1. The average molecular weight is 486 g/mol. The number of sulfonamides is 1. The van der Waals surface area contributed by atoms with Gasteiger partial charge in [-0.1, -0.05) is 43.2 Å². The van der Waals surface area contributed by atoms with Gasteiger partial charge in [-0.3, -0.25) is 4.79 Å². The number of carbonyl (C=O) groups is 1. The maximum Gasteiger partial charge on any atom is 0.287 e. The quantitative estimate of drug-likeness (QED) is 0.323. The molecular formula is C22H23N5O4S2. The highest BCUT2D eigenvalue weighted by Crippen LogP contribution is 2.45. The van der Waals surface area contributed by atoms with E-state index in [9.17, 15) is 18.3 Å². The summed E-state index contributed by atoms with van der Waals surface area (Å²) in [5, 5.41) is 19.3. The van der Waals surface area contributed by atoms with Crippen molar-refractivity contribution >= 4 is 43.7 Å². The molecule has 0 amide bonds. The van der Waals surface area contributed by atoms with Crippen molar-refractivity contribution in [3.63, 3.8) is 0 Å². The van der Waals surface area contributed by atoms with Gasteiger partial charge in [0.15, 0.2) is 11.6 Å². The number of fused-ring (bicyclic) bond motifs is 2. The number of amidine groups is 1. The molecule has 0 unspecified atom stereocenters. The van der Waals surface area contributed by atoms with Crippen molar-refractivity contribution in [2.75, 3.05) is 5.32 Å². The summed E-state index contributed by atoms with van der Waals surface area (Å²) in [5.74, 6) is -0.519. The molecule has 0 radical (unpaired) electrons. The molecule has 2 N–H and O–H groups in total. The summed E-state index contributed by atoms with van der Waals surface area (Å²) in [6, 6.07) is 7.13. The van der Waals surface area contributed by atoms with E-state index in [0.717, 1.165) is 17.8 Å². The fourth-order valence-corrected chi connectivity index (χ4v) is 6.82. The van der Waals surface area contributed by atoms with Crippen LogP contribution < -0.4 is 5.32 Å². The topological polar surface area (TPSA) is 145 Å². The fraction of sp³-hybridized carbons (Fsp3) is 0.364. The van der Waals surface area contributed by atoms with Gasteiger partial charge < -0.3 is 10.4 Å². The molecular weight excluding hydrogens is 462 g/mol. The lowest BCUT2D eigenvalue weighted by molar-refractivity contribution is -0.120. The molecule has 2 aromatic rings. The number of ketones is 1. The van der Waals surface area contributed by atoms with Crippen LogP contribution in [-0.4, -0.2) is 25.1 Å². The van der Waals surface area contributed by atoms with E-state index in [4.69, 9.17) is 5.53 Å². The number of benzene rings is 1. The number of anilines is 1. The van der Waals surface area contributed by atoms with Gasteiger partial charge in [0.05, 0.1) is 12.0 Å². The van der Waals surface area contributed by atoms with Crippen molar-refractivity contribution in [3.8, 4) is 0 Å². The van der Waals surface area contributed by atoms with Crippen molar-refractivity contribution < 1.29 is 18.3 Å². The van der Waals surface area contributed by atoms with E-state index in [2.05, 4.69) is 33.6 Å². The van der Waals surface area contributed by atoms with Crippen LogP contribution in [0.2, 0.25) is 0 Å². The zero-order valence-electron chi connectivity index (χ0n) is 18.4. The highest BCUT2D eigenvalue weighted by molar-refractivity contribution is 7.90. The van der Waals surface area contributed by atoms with Gasteiger partial charge in [0.25, 0.3) is 10.0 Å². The number of hydrogen-bond acceptors (Lipinski definition) is 7. The largest absolute Gasteiger partial charge is 0.506 e. The number of hydrogen-bond donors (Lipinski definition) is 2. The summed E-state index contributed by atoms with van der Waals surface area (Å²) in [5.41, 5.74) is 9.01. The summed E-state index contributed by atoms with van der Waals surface area (Å²) < 4.78 is 29.9. The van der Waals surface area contributed by atoms with Crippen molar-refractivity contribution in [1.29, 1.82) is 0 Å². The lowest BCUT2D eigenvalue weighted by Crippen LogP contribution is -2.42. The minimum absolute atomic E-state index is 0.0741. The third kappa shape index (κ3) is 3.82. The summed E-state index contributed by atoms with van der Waals surface area (Å²) in [6.07, 6.45) is 1.32. The minimum atomic E-state index is -4.19. The van der Waals surface area contributed by atoms with Crippen LogP contribution in [-0.2, 0) is 26.8 Å². The maximum atomic E-state index is 13.8. The van der Waals surface area contributed by atoms with Crippen LogP contribution in [0.5, 0.6) is 0 Å². The molecule has 0 bridgehead atoms. The number of aliphatic hydroxyl groups is 1. The van der Waals surface area contributed by atoms with Gasteiger partial charge in [-0.15, -0.1) is 15.7 Å². The Morgan fingerprint density at radius 3 is 2.76 bits per heavy atom. The predicted octanol–water partition coefficient (Wildman–Crippen LogP) is 5.32. The highest BCUT2D eigenvalue weighted by atomic mass is 32.2. The highest BCUT2D eigenvalue weighted by Gasteiger charge is 2.46. The molecule has 1 aliphatic heterocycles. The molecule has 11 heteroatoms. The molecule has 172 valence electrons. The van der Waals surface area contributed by atoms with E-state index in [-0.39, 0.29) is 39.4 Å². The van der Waals surface area contributed by atoms with Crippen LogP contribution in [0.3, 0.4) is 0 Å². The van der Waals surface area contributed by atoms with Crippen LogP contribution in [0.25, 0.3) is 16.2 Å². The van der Waals surface area contributed by atoms with E-state index in [1.807, 2.05) is 19.1 Å². The molecule has 1 atom stereocenters. The number of aliphatic hydroxyl groups excluding tert-OH is 1. The van der Waals surface area contributed by atoms with Gasteiger partial charge >= 0.3 is 0 Å². The average Bonchev–Trinajstić information content (AvgIpc) is 3.19. The Bertz CT molecular complexity index is 1370. The molecule has 1 aliphatic carbocycles. The Kier molecular flexibility index (Phi) is 5.81. The molecule has 0 saturated heterocycles. The lowest BCUT2D eigenvalue weighted by atomic mass is 9.66. The summed E-state index contributed by atoms with van der Waals surface area (Å²) in [6.45, 7) is 5.84. The normalized spacial score (nSPS) is 21.1. The second-order valence-corrected chi connectivity index (χ2v) is 11.1. The van der Waals surface area contributed by atoms with E-state index < -0.39 is 15.4 Å². The smallest absolute Gasteiger partial charge is 0.287 e. The van der Waals surface area contributed by atoms with Gasteiger partial charge in [-0.2, -0.15) is 8.42 Å². The molecule has 0 fully saturated rings. The minimum Gasteiger partial charge on any atom is -0.506 e. The third-order valence-corrected chi connectivity index (χ3v) is 8.50. The monoisotopic (exact) mass is 485 g/mol. The Hall–Kier alpha value is -3.14. The molecule has 33 heavy (non-hydrogen) atoms. The molecule has 1 aromatic carbocycles. The number of Topliss-reactive ketones (excluding diaryl/α,β-unsaturated/α-hetero) is 1. The Morgan fingerprint density at radius 2 is 2.06 bits per heavy atom. The fourth-order valence-electron chi connectivity index (χ4n) is 4.23. The molecule has 1 aromatic heterocycles. The Labute approximate surface area is 195 Å². The van der Waals surface area contributed by atoms with Gasteiger partial charge in [-0.25, -0.2) is 0 Å².